The first kappa shape index (κ1) is 52.0. The summed E-state index contributed by atoms with van der Waals surface area (Å²) in [6, 6.07) is 6.40. The number of carbonyl (C=O) groups is 3. The van der Waals surface area contributed by atoms with Crippen molar-refractivity contribution in [1.82, 2.24) is 50.0 Å². The Morgan fingerprint density at radius 3 is 2.42 bits per heavy atom. The maximum atomic E-state index is 14.2. The minimum Gasteiger partial charge on any atom is -0.490 e. The van der Waals surface area contributed by atoms with Crippen LogP contribution in [0.4, 0.5) is 11.6 Å². The molecular weight excluding hydrogens is 998 g/mol. The molecule has 1 aliphatic carbocycles. The van der Waals surface area contributed by atoms with Crippen LogP contribution >= 0.6 is 34.7 Å². The van der Waals surface area contributed by atoms with Crippen LogP contribution in [-0.4, -0.2) is 138 Å². The van der Waals surface area contributed by atoms with Crippen LogP contribution in [-0.2, 0) is 20.9 Å². The quantitative estimate of drug-likeness (QED) is 0.0917. The van der Waals surface area contributed by atoms with Crippen molar-refractivity contribution in [2.45, 2.75) is 132 Å². The van der Waals surface area contributed by atoms with Crippen LogP contribution in [0.3, 0.4) is 0 Å². The van der Waals surface area contributed by atoms with Crippen molar-refractivity contribution >= 4 is 64.1 Å². The monoisotopic (exact) mass is 1070 g/mol. The highest BCUT2D eigenvalue weighted by Gasteiger charge is 2.43. The van der Waals surface area contributed by atoms with Crippen LogP contribution in [0.25, 0.3) is 10.4 Å². The number of aliphatic hydroxyl groups excluding tert-OH is 1. The number of pyridine rings is 1. The molecule has 3 atom stereocenters. The molecule has 1 aromatic carbocycles. The second-order valence-corrected chi connectivity index (χ2v) is 23.8. The zero-order chi connectivity index (χ0) is 51.7. The molecule has 8 heterocycles. The molecule has 21 heteroatoms. The van der Waals surface area contributed by atoms with Crippen LogP contribution in [0, 0.1) is 24.2 Å². The molecule has 4 saturated heterocycles. The summed E-state index contributed by atoms with van der Waals surface area (Å²) in [6.45, 7) is 13.4. The number of ether oxygens (including phenoxy) is 1. The largest absolute Gasteiger partial charge is 0.490 e. The second kappa shape index (κ2) is 22.4. The fraction of sp³-hybridized carbons (Fsp3) is 0.566. The maximum Gasteiger partial charge on any atom is 0.248 e. The van der Waals surface area contributed by atoms with Crippen molar-refractivity contribution in [2.24, 2.45) is 23.0 Å². The molecular formula is C53H68ClN13O5S2. The summed E-state index contributed by atoms with van der Waals surface area (Å²) in [7, 11) is 0. The van der Waals surface area contributed by atoms with E-state index in [9.17, 15) is 19.5 Å². The number of anilines is 2. The molecule has 5 aromatic rings. The first-order valence-corrected chi connectivity index (χ1v) is 28.3. The molecule has 4 N–H and O–H groups in total. The molecule has 18 nitrogen and oxygen atoms in total. The number of aryl methyl sites for hydroxylation is 1. The third kappa shape index (κ3) is 11.5. The SMILES string of the molecule is Cc1ncsc1-c1ccc(CNC(=O)[C@@H]2C[C@@H](O)CN2C(=O)[C@H](C(C)C)n2cc(C3CC3)nn2)c(OC2CCN(C(=O)C3CCN(c4nccc(Sc5cnc(N6CCC(C)(CN)CC6)cn5)c4Cl)CC3)CC2)c1. The number of carbonyl (C=O) groups excluding carboxylic acids is 3. The average Bonchev–Trinajstić information content (AvgIpc) is 3.76. The fourth-order valence-corrected chi connectivity index (χ4v) is 12.7. The van der Waals surface area contributed by atoms with Crippen molar-refractivity contribution in [3.05, 3.63) is 76.5 Å². The van der Waals surface area contributed by atoms with Gasteiger partial charge in [0.1, 0.15) is 40.6 Å². The van der Waals surface area contributed by atoms with Crippen LogP contribution in [0.1, 0.15) is 107 Å². The topological polar surface area (TPSA) is 214 Å². The molecule has 3 amide bonds. The third-order valence-corrected chi connectivity index (χ3v) is 18.2. The number of nitrogens with two attached hydrogens (primary N) is 1. The molecule has 1 saturated carbocycles. The Labute approximate surface area is 446 Å². The Morgan fingerprint density at radius 2 is 1.74 bits per heavy atom. The maximum absolute atomic E-state index is 14.2. The Bertz CT molecular complexity index is 2780. The molecule has 394 valence electrons. The zero-order valence-electron chi connectivity index (χ0n) is 42.7. The van der Waals surface area contributed by atoms with E-state index >= 15 is 0 Å². The van der Waals surface area contributed by atoms with Crippen LogP contribution in [0.2, 0.25) is 5.02 Å². The molecule has 0 unspecified atom stereocenters. The number of aromatic nitrogens is 7. The number of aliphatic hydroxyl groups is 1. The summed E-state index contributed by atoms with van der Waals surface area (Å²) >= 11 is 10.1. The van der Waals surface area contributed by atoms with Gasteiger partial charge in [-0.1, -0.05) is 61.5 Å². The van der Waals surface area contributed by atoms with E-state index in [0.717, 1.165) is 81.9 Å². The van der Waals surface area contributed by atoms with Gasteiger partial charge in [-0.3, -0.25) is 14.4 Å². The number of β-amino-alcohol motifs (C(OH)–C–C–N with tert-alkyl or cyclic N) is 1. The zero-order valence-corrected chi connectivity index (χ0v) is 45.1. The van der Waals surface area contributed by atoms with Gasteiger partial charge < -0.3 is 40.5 Å². The number of thiazole rings is 1. The molecule has 74 heavy (non-hydrogen) atoms. The standard InChI is InChI=1S/C53H68ClN13O5S2/c1-32(2)47(67-29-40(61-62-67)34-5-6-34)52(71)66-28-38(68)24-41(66)50(69)59-25-37-8-7-36(48-33(3)60-31-73-48)23-42(37)72-39-12-19-65(20-13-39)51(70)35-10-17-64(18-11-35)49-46(54)43(9-16-56-49)74-45-27-57-44(26-58-45)63-21-14-53(4,30-55)15-22-63/h7-9,16,23,26-27,29,31-32,34-35,38-39,41,47,68H,5-6,10-15,17-22,24-25,28,30,55H2,1-4H3,(H,59,69)/t38-,41+,47+/m1/s1. The van der Waals surface area contributed by atoms with Crippen molar-refractivity contribution in [3.63, 3.8) is 0 Å². The summed E-state index contributed by atoms with van der Waals surface area (Å²) in [5, 5.41) is 23.9. The van der Waals surface area contributed by atoms with Gasteiger partial charge in [0.25, 0.3) is 0 Å². The van der Waals surface area contributed by atoms with Crippen LogP contribution in [0.15, 0.2) is 64.5 Å². The Kier molecular flexibility index (Phi) is 15.8. The number of amides is 3. The number of hydrogen-bond acceptors (Lipinski definition) is 16. The number of hydrogen-bond donors (Lipinski definition) is 3. The summed E-state index contributed by atoms with van der Waals surface area (Å²) < 4.78 is 8.42. The average molecular weight is 1070 g/mol. The molecule has 4 aromatic heterocycles. The van der Waals surface area contributed by atoms with Gasteiger partial charge in [-0.15, -0.1) is 16.4 Å². The highest BCUT2D eigenvalue weighted by Crippen LogP contribution is 2.41. The van der Waals surface area contributed by atoms with Gasteiger partial charge in [-0.2, -0.15) is 0 Å². The Balaban J connectivity index is 0.732. The molecule has 4 aliphatic heterocycles. The van der Waals surface area contributed by atoms with E-state index in [4.69, 9.17) is 32.0 Å². The molecule has 10 rings (SSSR count). The van der Waals surface area contributed by atoms with Gasteiger partial charge in [-0.05, 0) is 81.0 Å². The molecule has 5 aliphatic rings. The number of nitrogens with one attached hydrogen (secondary N) is 1. The number of halogens is 1. The van der Waals surface area contributed by atoms with Crippen molar-refractivity contribution < 1.29 is 24.2 Å². The van der Waals surface area contributed by atoms with E-state index in [1.807, 2.05) is 67.8 Å². The Hall–Kier alpha value is -5.41. The fourth-order valence-electron chi connectivity index (χ4n) is 10.8. The summed E-state index contributed by atoms with van der Waals surface area (Å²) in [5.74, 6) is 1.97. The van der Waals surface area contributed by atoms with E-state index in [1.165, 1.54) is 16.7 Å². The summed E-state index contributed by atoms with van der Waals surface area (Å²) in [5.41, 5.74) is 11.6. The van der Waals surface area contributed by atoms with Gasteiger partial charge in [0.15, 0.2) is 0 Å². The first-order chi connectivity index (χ1) is 35.7. The lowest BCUT2D eigenvalue weighted by Crippen LogP contribution is -2.49. The number of likely N-dealkylation sites (tertiary alicyclic amines) is 2. The predicted octanol–water partition coefficient (Wildman–Crippen LogP) is 6.90. The number of piperidine rings is 3. The second-order valence-electron chi connectivity index (χ2n) is 21.5. The molecule has 0 spiro atoms. The van der Waals surface area contributed by atoms with E-state index in [1.54, 1.807) is 28.4 Å². The van der Waals surface area contributed by atoms with Crippen molar-refractivity contribution in [3.8, 4) is 16.2 Å². The van der Waals surface area contributed by atoms with Gasteiger partial charge in [0, 0.05) is 106 Å². The van der Waals surface area contributed by atoms with Crippen LogP contribution < -0.4 is 25.6 Å². The predicted molar refractivity (Wildman–Crippen MR) is 285 cm³/mol. The van der Waals surface area contributed by atoms with E-state index in [0.29, 0.717) is 80.9 Å². The summed E-state index contributed by atoms with van der Waals surface area (Å²) in [4.78, 5) is 70.7. The molecule has 5 fully saturated rings. The number of rotatable bonds is 16. The smallest absolute Gasteiger partial charge is 0.248 e. The minimum atomic E-state index is -0.850. The van der Waals surface area contributed by atoms with Crippen LogP contribution in [0.5, 0.6) is 5.75 Å². The number of nitrogens with zero attached hydrogens (tertiary/aromatic N) is 11. The number of benzene rings is 1. The van der Waals surface area contributed by atoms with Gasteiger partial charge >= 0.3 is 0 Å². The highest BCUT2D eigenvalue weighted by molar-refractivity contribution is 7.99. The van der Waals surface area contributed by atoms with Crippen molar-refractivity contribution in [2.75, 3.05) is 62.2 Å². The lowest BCUT2D eigenvalue weighted by molar-refractivity contribution is -0.142. The normalized spacial score (nSPS) is 21.1. The Morgan fingerprint density at radius 1 is 0.973 bits per heavy atom. The molecule has 0 radical (unpaired) electrons. The third-order valence-electron chi connectivity index (χ3n) is 15.7. The first-order valence-electron chi connectivity index (χ1n) is 26.2. The van der Waals surface area contributed by atoms with Crippen molar-refractivity contribution in [1.29, 1.82) is 0 Å². The highest BCUT2D eigenvalue weighted by atomic mass is 35.5. The lowest BCUT2D eigenvalue weighted by atomic mass is 9.80. The molecule has 0 bridgehead atoms. The minimum absolute atomic E-state index is 0.0609. The lowest BCUT2D eigenvalue weighted by Gasteiger charge is -2.39. The summed E-state index contributed by atoms with van der Waals surface area (Å²) in [6.07, 6.45) is 13.3. The van der Waals surface area contributed by atoms with E-state index < -0.39 is 18.2 Å². The van der Waals surface area contributed by atoms with Gasteiger partial charge in [-0.25, -0.2) is 24.6 Å². The van der Waals surface area contributed by atoms with E-state index in [-0.39, 0.29) is 60.6 Å². The van der Waals surface area contributed by atoms with Gasteiger partial charge in [0.2, 0.25) is 17.7 Å². The van der Waals surface area contributed by atoms with Gasteiger partial charge in [0.05, 0.1) is 45.3 Å². The van der Waals surface area contributed by atoms with E-state index in [2.05, 4.69) is 42.3 Å².